The second-order valence-electron chi connectivity index (χ2n) is 3.78. The van der Waals surface area contributed by atoms with Crippen LogP contribution in [0, 0.1) is 17.8 Å². The molecule has 1 saturated carbocycles. The lowest BCUT2D eigenvalue weighted by atomic mass is 9.74. The van der Waals surface area contributed by atoms with E-state index in [0.29, 0.717) is 5.92 Å². The van der Waals surface area contributed by atoms with E-state index in [-0.39, 0.29) is 23.8 Å². The van der Waals surface area contributed by atoms with E-state index in [4.69, 9.17) is 0 Å². The van der Waals surface area contributed by atoms with E-state index in [2.05, 4.69) is 4.74 Å². The van der Waals surface area contributed by atoms with Crippen LogP contribution in [0.25, 0.3) is 0 Å². The maximum absolute atomic E-state index is 11.2. The van der Waals surface area contributed by atoms with Gasteiger partial charge >= 0.3 is 11.9 Å². The van der Waals surface area contributed by atoms with E-state index in [9.17, 15) is 9.59 Å². The Morgan fingerprint density at radius 1 is 1.25 bits per heavy atom. The lowest BCUT2D eigenvalue weighted by Crippen LogP contribution is -2.28. The Hall–Kier alpha value is -0.860. The molecule has 3 heteroatoms. The van der Waals surface area contributed by atoms with Gasteiger partial charge in [0.25, 0.3) is 0 Å². The summed E-state index contributed by atoms with van der Waals surface area (Å²) in [5.74, 6) is -0.524. The van der Waals surface area contributed by atoms with Crippen LogP contribution in [0.5, 0.6) is 0 Å². The third-order valence-electron chi connectivity index (χ3n) is 3.00. The lowest BCUT2D eigenvalue weighted by molar-refractivity contribution is -0.154. The molecule has 3 nitrogen and oxygen atoms in total. The number of fused-ring (bicyclic) bond motifs is 1. The number of ether oxygens (including phenoxy) is 1. The Morgan fingerprint density at radius 3 is 2.67 bits per heavy atom. The number of cyclic esters (lactones) is 2. The minimum Gasteiger partial charge on any atom is -0.393 e. The van der Waals surface area contributed by atoms with Gasteiger partial charge in [-0.25, -0.2) is 0 Å². The highest BCUT2D eigenvalue weighted by molar-refractivity contribution is 5.96. The van der Waals surface area contributed by atoms with E-state index >= 15 is 0 Å². The zero-order chi connectivity index (χ0) is 8.72. The molecule has 3 atom stereocenters. The Balaban J connectivity index is 2.24. The molecule has 1 aliphatic carbocycles. The summed E-state index contributed by atoms with van der Waals surface area (Å²) < 4.78 is 4.60. The van der Waals surface area contributed by atoms with Gasteiger partial charge in [-0.3, -0.25) is 9.59 Å². The van der Waals surface area contributed by atoms with E-state index in [1.807, 2.05) is 6.92 Å². The number of carbonyl (C=O) groups excluding carboxylic acids is 2. The summed E-state index contributed by atoms with van der Waals surface area (Å²) in [5, 5.41) is 0. The highest BCUT2D eigenvalue weighted by Crippen LogP contribution is 2.40. The van der Waals surface area contributed by atoms with Crippen LogP contribution in [0.4, 0.5) is 0 Å². The van der Waals surface area contributed by atoms with Crippen LogP contribution in [0.3, 0.4) is 0 Å². The minimum absolute atomic E-state index is 0.124. The van der Waals surface area contributed by atoms with Crippen LogP contribution in [-0.2, 0) is 14.3 Å². The highest BCUT2D eigenvalue weighted by Gasteiger charge is 2.48. The molecule has 0 N–H and O–H groups in total. The number of hydrogen-bond donors (Lipinski definition) is 0. The van der Waals surface area contributed by atoms with Gasteiger partial charge in [-0.15, -0.1) is 0 Å². The molecule has 0 aromatic carbocycles. The SMILES string of the molecule is CC1CCCC2C(=O)OC(=O)C12. The first-order valence-electron chi connectivity index (χ1n) is 4.45. The average molecular weight is 168 g/mol. The van der Waals surface area contributed by atoms with Crippen LogP contribution in [0.15, 0.2) is 0 Å². The van der Waals surface area contributed by atoms with Crippen molar-refractivity contribution in [2.45, 2.75) is 26.2 Å². The van der Waals surface area contributed by atoms with Crippen molar-refractivity contribution < 1.29 is 14.3 Å². The number of rotatable bonds is 0. The molecule has 2 fully saturated rings. The predicted molar refractivity (Wildman–Crippen MR) is 41.1 cm³/mol. The van der Waals surface area contributed by atoms with Crippen LogP contribution in [0.2, 0.25) is 0 Å². The molecular weight excluding hydrogens is 156 g/mol. The molecule has 0 aromatic rings. The first-order valence-corrected chi connectivity index (χ1v) is 4.45. The molecule has 0 aromatic heterocycles. The average Bonchev–Trinajstić information content (AvgIpc) is 2.29. The van der Waals surface area contributed by atoms with Gasteiger partial charge in [0, 0.05) is 0 Å². The van der Waals surface area contributed by atoms with Crippen molar-refractivity contribution in [1.82, 2.24) is 0 Å². The third-order valence-corrected chi connectivity index (χ3v) is 3.00. The summed E-state index contributed by atoms with van der Waals surface area (Å²) in [5.41, 5.74) is 0. The van der Waals surface area contributed by atoms with Crippen molar-refractivity contribution in [3.63, 3.8) is 0 Å². The predicted octanol–water partition coefficient (Wildman–Crippen LogP) is 1.12. The second kappa shape index (κ2) is 2.57. The Kier molecular flexibility index (Phi) is 1.67. The van der Waals surface area contributed by atoms with Crippen molar-refractivity contribution >= 4 is 11.9 Å². The molecule has 1 heterocycles. The van der Waals surface area contributed by atoms with Crippen LogP contribution in [-0.4, -0.2) is 11.9 Å². The molecule has 3 unspecified atom stereocenters. The van der Waals surface area contributed by atoms with Crippen molar-refractivity contribution in [3.05, 3.63) is 0 Å². The summed E-state index contributed by atoms with van der Waals surface area (Å²) in [6, 6.07) is 0. The molecule has 0 spiro atoms. The first-order chi connectivity index (χ1) is 5.70. The van der Waals surface area contributed by atoms with Gasteiger partial charge in [-0.1, -0.05) is 13.3 Å². The van der Waals surface area contributed by atoms with Gasteiger partial charge in [0.2, 0.25) is 0 Å². The van der Waals surface area contributed by atoms with E-state index in [1.165, 1.54) is 0 Å². The molecule has 0 amide bonds. The molecule has 0 bridgehead atoms. The van der Waals surface area contributed by atoms with Crippen molar-refractivity contribution in [2.24, 2.45) is 17.8 Å². The fourth-order valence-corrected chi connectivity index (χ4v) is 2.32. The van der Waals surface area contributed by atoms with Crippen molar-refractivity contribution in [2.75, 3.05) is 0 Å². The van der Waals surface area contributed by atoms with Crippen molar-refractivity contribution in [1.29, 1.82) is 0 Å². The zero-order valence-electron chi connectivity index (χ0n) is 7.08. The quantitative estimate of drug-likeness (QED) is 0.402. The Bertz CT molecular complexity index is 234. The maximum atomic E-state index is 11.2. The van der Waals surface area contributed by atoms with Gasteiger partial charge in [0.15, 0.2) is 0 Å². The van der Waals surface area contributed by atoms with Crippen molar-refractivity contribution in [3.8, 4) is 0 Å². The molecule has 66 valence electrons. The lowest BCUT2D eigenvalue weighted by Gasteiger charge is -2.25. The van der Waals surface area contributed by atoms with Crippen LogP contribution < -0.4 is 0 Å². The fraction of sp³-hybridized carbons (Fsp3) is 0.778. The molecule has 12 heavy (non-hydrogen) atoms. The van der Waals surface area contributed by atoms with Gasteiger partial charge in [0.1, 0.15) is 0 Å². The largest absolute Gasteiger partial charge is 0.393 e. The Labute approximate surface area is 71.1 Å². The molecule has 2 aliphatic rings. The standard InChI is InChI=1S/C9H12O3/c1-5-3-2-4-6-7(5)9(11)12-8(6)10/h5-7H,2-4H2,1H3. The summed E-state index contributed by atoms with van der Waals surface area (Å²) in [7, 11) is 0. The maximum Gasteiger partial charge on any atom is 0.317 e. The smallest absolute Gasteiger partial charge is 0.317 e. The normalized spacial score (nSPS) is 40.9. The number of esters is 2. The highest BCUT2D eigenvalue weighted by atomic mass is 16.6. The molecular formula is C9H12O3. The van der Waals surface area contributed by atoms with E-state index < -0.39 is 0 Å². The topological polar surface area (TPSA) is 43.4 Å². The van der Waals surface area contributed by atoms with Gasteiger partial charge in [-0.05, 0) is 18.8 Å². The third kappa shape index (κ3) is 0.958. The van der Waals surface area contributed by atoms with E-state index in [0.717, 1.165) is 19.3 Å². The number of carbonyl (C=O) groups is 2. The minimum atomic E-state index is -0.295. The fourth-order valence-electron chi connectivity index (χ4n) is 2.32. The first kappa shape index (κ1) is 7.77. The van der Waals surface area contributed by atoms with E-state index in [1.54, 1.807) is 0 Å². The molecule has 1 aliphatic heterocycles. The summed E-state index contributed by atoms with van der Waals surface area (Å²) in [6.45, 7) is 2.02. The monoisotopic (exact) mass is 168 g/mol. The van der Waals surface area contributed by atoms with Crippen LogP contribution in [0.1, 0.15) is 26.2 Å². The summed E-state index contributed by atoms with van der Waals surface area (Å²) in [6.07, 6.45) is 2.92. The van der Waals surface area contributed by atoms with Crippen LogP contribution >= 0.6 is 0 Å². The molecule has 0 radical (unpaired) electrons. The molecule has 1 saturated heterocycles. The Morgan fingerprint density at radius 2 is 2.00 bits per heavy atom. The van der Waals surface area contributed by atoms with Gasteiger partial charge in [0.05, 0.1) is 11.8 Å². The second-order valence-corrected chi connectivity index (χ2v) is 3.78. The number of hydrogen-bond acceptors (Lipinski definition) is 3. The van der Waals surface area contributed by atoms with Gasteiger partial charge in [-0.2, -0.15) is 0 Å². The van der Waals surface area contributed by atoms with Gasteiger partial charge < -0.3 is 4.74 Å². The summed E-state index contributed by atoms with van der Waals surface area (Å²) >= 11 is 0. The zero-order valence-corrected chi connectivity index (χ0v) is 7.08. The summed E-state index contributed by atoms with van der Waals surface area (Å²) in [4.78, 5) is 22.3. The molecule has 2 rings (SSSR count).